The molecule has 0 radical (unpaired) electrons. The first-order chi connectivity index (χ1) is 9.93. The molecule has 0 aromatic rings. The van der Waals surface area contributed by atoms with Gasteiger partial charge in [0, 0.05) is 14.1 Å². The molecule has 1 aliphatic carbocycles. The minimum absolute atomic E-state index is 0.132. The molecule has 1 heterocycles. The van der Waals surface area contributed by atoms with Gasteiger partial charge in [0.1, 0.15) is 5.92 Å². The van der Waals surface area contributed by atoms with Crippen molar-refractivity contribution in [2.24, 2.45) is 5.92 Å². The number of nitrogens with zero attached hydrogens (tertiary/aromatic N) is 2. The molecule has 120 valence electrons. The number of amides is 2. The van der Waals surface area contributed by atoms with Gasteiger partial charge in [-0.2, -0.15) is 0 Å². The van der Waals surface area contributed by atoms with Gasteiger partial charge in [-0.25, -0.2) is 4.79 Å². The van der Waals surface area contributed by atoms with Gasteiger partial charge in [0.05, 0.1) is 31.4 Å². The van der Waals surface area contributed by atoms with Gasteiger partial charge in [0.25, 0.3) is 0 Å². The van der Waals surface area contributed by atoms with Gasteiger partial charge in [-0.05, 0) is 12.8 Å². The van der Waals surface area contributed by atoms with Gasteiger partial charge in [0.15, 0.2) is 0 Å². The SMILES string of the molecule is CN(C(=O)N(C)C1COCC1C(=O)O)C1CCCCC1O. The van der Waals surface area contributed by atoms with Crippen molar-refractivity contribution < 1.29 is 24.5 Å². The number of hydrogen-bond donors (Lipinski definition) is 2. The molecule has 2 N–H and O–H groups in total. The summed E-state index contributed by atoms with van der Waals surface area (Å²) < 4.78 is 5.21. The minimum atomic E-state index is -0.947. The highest BCUT2D eigenvalue weighted by molar-refractivity contribution is 5.77. The Bertz CT molecular complexity index is 403. The first-order valence-corrected chi connectivity index (χ1v) is 7.41. The number of aliphatic hydroxyl groups excluding tert-OH is 1. The number of carboxylic acid groups (broad SMARTS) is 1. The summed E-state index contributed by atoms with van der Waals surface area (Å²) in [6.45, 7) is 0.369. The Morgan fingerprint density at radius 3 is 2.29 bits per heavy atom. The third kappa shape index (κ3) is 3.29. The fraction of sp³-hybridized carbons (Fsp3) is 0.857. The molecule has 0 spiro atoms. The van der Waals surface area contributed by atoms with E-state index in [1.807, 2.05) is 0 Å². The van der Waals surface area contributed by atoms with Crippen LogP contribution in [0.5, 0.6) is 0 Å². The van der Waals surface area contributed by atoms with Gasteiger partial charge in [-0.3, -0.25) is 4.79 Å². The molecule has 2 fully saturated rings. The van der Waals surface area contributed by atoms with E-state index in [-0.39, 0.29) is 25.3 Å². The van der Waals surface area contributed by atoms with Crippen molar-refractivity contribution in [1.29, 1.82) is 0 Å². The van der Waals surface area contributed by atoms with Gasteiger partial charge < -0.3 is 24.7 Å². The highest BCUT2D eigenvalue weighted by Crippen LogP contribution is 2.25. The standard InChI is InChI=1S/C14H24N2O5/c1-15(10-5-3-4-6-12(10)17)14(20)16(2)11-8-21-7-9(11)13(18)19/h9-12,17H,3-8H2,1-2H3,(H,18,19). The van der Waals surface area contributed by atoms with Crippen molar-refractivity contribution in [3.05, 3.63) is 0 Å². The number of hydrogen-bond acceptors (Lipinski definition) is 4. The monoisotopic (exact) mass is 300 g/mol. The zero-order chi connectivity index (χ0) is 15.6. The van der Waals surface area contributed by atoms with Crippen molar-refractivity contribution in [1.82, 2.24) is 9.80 Å². The van der Waals surface area contributed by atoms with Crippen LogP contribution < -0.4 is 0 Å². The molecule has 0 bridgehead atoms. The molecule has 1 saturated heterocycles. The predicted molar refractivity (Wildman–Crippen MR) is 74.9 cm³/mol. The number of aliphatic carboxylic acids is 1. The quantitative estimate of drug-likeness (QED) is 0.786. The summed E-state index contributed by atoms with van der Waals surface area (Å²) in [6, 6.07) is -0.916. The molecule has 7 nitrogen and oxygen atoms in total. The van der Waals surface area contributed by atoms with Gasteiger partial charge in [-0.15, -0.1) is 0 Å². The largest absolute Gasteiger partial charge is 0.481 e. The fourth-order valence-corrected chi connectivity index (χ4v) is 3.24. The van der Waals surface area contributed by atoms with Crippen LogP contribution in [-0.4, -0.2) is 77.5 Å². The average Bonchev–Trinajstić information content (AvgIpc) is 2.95. The number of rotatable bonds is 3. The maximum Gasteiger partial charge on any atom is 0.320 e. The molecule has 21 heavy (non-hydrogen) atoms. The lowest BCUT2D eigenvalue weighted by Gasteiger charge is -2.38. The van der Waals surface area contributed by atoms with Crippen LogP contribution in [0, 0.1) is 5.92 Å². The van der Waals surface area contributed by atoms with E-state index in [0.717, 1.165) is 19.3 Å². The summed E-state index contributed by atoms with van der Waals surface area (Å²) in [7, 11) is 3.27. The Balaban J connectivity index is 2.02. The molecule has 7 heteroatoms. The van der Waals surface area contributed by atoms with Crippen LogP contribution >= 0.6 is 0 Å². The Kier molecular flexibility index (Phi) is 5.05. The second kappa shape index (κ2) is 6.62. The topological polar surface area (TPSA) is 90.3 Å². The van der Waals surface area contributed by atoms with E-state index in [0.29, 0.717) is 6.42 Å². The lowest BCUT2D eigenvalue weighted by molar-refractivity contribution is -0.142. The number of carbonyl (C=O) groups is 2. The van der Waals surface area contributed by atoms with E-state index < -0.39 is 24.0 Å². The van der Waals surface area contributed by atoms with Crippen LogP contribution in [0.2, 0.25) is 0 Å². The van der Waals surface area contributed by atoms with Gasteiger partial charge >= 0.3 is 12.0 Å². The first kappa shape index (κ1) is 16.0. The third-order valence-corrected chi connectivity index (χ3v) is 4.66. The van der Waals surface area contributed by atoms with E-state index >= 15 is 0 Å². The van der Waals surface area contributed by atoms with E-state index in [1.54, 1.807) is 19.0 Å². The fourth-order valence-electron chi connectivity index (χ4n) is 3.24. The molecule has 4 atom stereocenters. The predicted octanol–water partition coefficient (Wildman–Crippen LogP) is 0.373. The highest BCUT2D eigenvalue weighted by atomic mass is 16.5. The van der Waals surface area contributed by atoms with Crippen molar-refractivity contribution in [2.45, 2.75) is 43.9 Å². The normalized spacial score (nSPS) is 32.7. The molecule has 0 aromatic heterocycles. The summed E-state index contributed by atoms with van der Waals surface area (Å²) in [4.78, 5) is 26.7. The van der Waals surface area contributed by atoms with Crippen LogP contribution in [-0.2, 0) is 9.53 Å². The molecule has 1 aliphatic heterocycles. The average molecular weight is 300 g/mol. The molecule has 2 aliphatic rings. The highest BCUT2D eigenvalue weighted by Gasteiger charge is 2.40. The molecule has 2 amide bonds. The van der Waals surface area contributed by atoms with Crippen molar-refractivity contribution >= 4 is 12.0 Å². The Labute approximate surface area is 124 Å². The van der Waals surface area contributed by atoms with E-state index in [4.69, 9.17) is 4.74 Å². The number of carboxylic acids is 1. The second-order valence-corrected chi connectivity index (χ2v) is 5.97. The van der Waals surface area contributed by atoms with E-state index in [9.17, 15) is 19.8 Å². The minimum Gasteiger partial charge on any atom is -0.481 e. The lowest BCUT2D eigenvalue weighted by Crippen LogP contribution is -2.54. The van der Waals surface area contributed by atoms with Crippen LogP contribution in [0.1, 0.15) is 25.7 Å². The molecular weight excluding hydrogens is 276 g/mol. The Morgan fingerprint density at radius 2 is 1.67 bits per heavy atom. The van der Waals surface area contributed by atoms with Crippen molar-refractivity contribution in [3.63, 3.8) is 0 Å². The number of likely N-dealkylation sites (N-methyl/N-ethyl adjacent to an activating group) is 2. The van der Waals surface area contributed by atoms with E-state index in [2.05, 4.69) is 0 Å². The molecule has 0 aromatic carbocycles. The molecule has 1 saturated carbocycles. The summed E-state index contributed by atoms with van der Waals surface area (Å²) in [5.74, 6) is -1.64. The summed E-state index contributed by atoms with van der Waals surface area (Å²) in [5, 5.41) is 19.2. The zero-order valence-electron chi connectivity index (χ0n) is 12.6. The van der Waals surface area contributed by atoms with Crippen molar-refractivity contribution in [3.8, 4) is 0 Å². The van der Waals surface area contributed by atoms with Gasteiger partial charge in [0.2, 0.25) is 0 Å². The number of urea groups is 1. The Morgan fingerprint density at radius 1 is 1.05 bits per heavy atom. The first-order valence-electron chi connectivity index (χ1n) is 7.41. The van der Waals surface area contributed by atoms with Crippen LogP contribution in [0.15, 0.2) is 0 Å². The smallest absolute Gasteiger partial charge is 0.320 e. The lowest BCUT2D eigenvalue weighted by atomic mass is 9.92. The number of carbonyl (C=O) groups excluding carboxylic acids is 1. The molecule has 4 unspecified atom stereocenters. The Hall–Kier alpha value is -1.34. The summed E-state index contributed by atoms with van der Waals surface area (Å²) in [5.41, 5.74) is 0. The second-order valence-electron chi connectivity index (χ2n) is 5.97. The summed E-state index contributed by atoms with van der Waals surface area (Å²) in [6.07, 6.45) is 2.95. The van der Waals surface area contributed by atoms with Gasteiger partial charge in [-0.1, -0.05) is 12.8 Å². The summed E-state index contributed by atoms with van der Waals surface area (Å²) >= 11 is 0. The zero-order valence-corrected chi connectivity index (χ0v) is 12.6. The third-order valence-electron chi connectivity index (χ3n) is 4.66. The van der Waals surface area contributed by atoms with Crippen LogP contribution in [0.4, 0.5) is 4.79 Å². The molecular formula is C14H24N2O5. The maximum absolute atomic E-state index is 12.5. The molecule has 2 rings (SSSR count). The number of aliphatic hydroxyl groups is 1. The van der Waals surface area contributed by atoms with Crippen LogP contribution in [0.25, 0.3) is 0 Å². The van der Waals surface area contributed by atoms with E-state index in [1.165, 1.54) is 4.90 Å². The van der Waals surface area contributed by atoms with Crippen molar-refractivity contribution in [2.75, 3.05) is 27.3 Å². The number of ether oxygens (including phenoxy) is 1. The van der Waals surface area contributed by atoms with Crippen LogP contribution in [0.3, 0.4) is 0 Å². The maximum atomic E-state index is 12.5.